The highest BCUT2D eigenvalue weighted by Crippen LogP contribution is 2.14. The summed E-state index contributed by atoms with van der Waals surface area (Å²) in [5.41, 5.74) is 7.12. The zero-order valence-electron chi connectivity index (χ0n) is 11.2. The first-order valence-corrected chi connectivity index (χ1v) is 5.92. The fourth-order valence-electron chi connectivity index (χ4n) is 1.57. The van der Waals surface area contributed by atoms with Crippen molar-refractivity contribution in [2.45, 2.75) is 13.8 Å². The van der Waals surface area contributed by atoms with Gasteiger partial charge in [-0.05, 0) is 26.0 Å². The van der Waals surface area contributed by atoms with Crippen molar-refractivity contribution in [3.63, 3.8) is 0 Å². The lowest BCUT2D eigenvalue weighted by molar-refractivity contribution is -0.124. The Morgan fingerprint density at radius 3 is 2.32 bits per heavy atom. The van der Waals surface area contributed by atoms with Gasteiger partial charge in [0.2, 0.25) is 11.8 Å². The number of nitrogens with two attached hydrogens (primary N) is 1. The Morgan fingerprint density at radius 1 is 1.26 bits per heavy atom. The summed E-state index contributed by atoms with van der Waals surface area (Å²) in [5.74, 6) is -0.480. The lowest BCUT2D eigenvalue weighted by Crippen LogP contribution is -2.42. The Balaban J connectivity index is 0.00000324. The Hall–Kier alpha value is -1.59. The topological polar surface area (TPSA) is 75.4 Å². The highest BCUT2D eigenvalue weighted by Gasteiger charge is 2.14. The van der Waals surface area contributed by atoms with Crippen LogP contribution in [-0.4, -0.2) is 31.4 Å². The van der Waals surface area contributed by atoms with E-state index in [1.54, 1.807) is 4.90 Å². The normalized spacial score (nSPS) is 9.42. The number of benzene rings is 1. The molecule has 106 valence electrons. The maximum atomic E-state index is 12.0. The van der Waals surface area contributed by atoms with Crippen molar-refractivity contribution in [1.82, 2.24) is 5.32 Å². The zero-order chi connectivity index (χ0) is 13.5. The molecule has 0 saturated heterocycles. The van der Waals surface area contributed by atoms with Gasteiger partial charge in [0, 0.05) is 12.2 Å². The van der Waals surface area contributed by atoms with Crippen LogP contribution in [0.3, 0.4) is 0 Å². The van der Waals surface area contributed by atoms with Crippen LogP contribution in [0.5, 0.6) is 0 Å². The number of likely N-dealkylation sites (N-methyl/N-ethyl adjacent to an activating group) is 1. The molecule has 0 aliphatic carbocycles. The average Bonchev–Trinajstić information content (AvgIpc) is 2.39. The van der Waals surface area contributed by atoms with E-state index in [0.29, 0.717) is 6.54 Å². The molecule has 0 unspecified atom stereocenters. The summed E-state index contributed by atoms with van der Waals surface area (Å²) in [4.78, 5) is 24.6. The lowest BCUT2D eigenvalue weighted by Gasteiger charge is -2.21. The van der Waals surface area contributed by atoms with Crippen molar-refractivity contribution >= 4 is 29.9 Å². The fraction of sp³-hybridized carbons (Fsp3) is 0.385. The van der Waals surface area contributed by atoms with Gasteiger partial charge in [-0.15, -0.1) is 12.4 Å². The fourth-order valence-corrected chi connectivity index (χ4v) is 1.57. The molecule has 3 N–H and O–H groups in total. The quantitative estimate of drug-likeness (QED) is 0.842. The Kier molecular flexibility index (Phi) is 7.79. The molecule has 19 heavy (non-hydrogen) atoms. The van der Waals surface area contributed by atoms with Gasteiger partial charge in [-0.3, -0.25) is 9.59 Å². The summed E-state index contributed by atoms with van der Waals surface area (Å²) >= 11 is 0. The summed E-state index contributed by atoms with van der Waals surface area (Å²) in [7, 11) is 0. The minimum atomic E-state index is -0.330. The second-order valence-electron chi connectivity index (χ2n) is 3.95. The predicted octanol–water partition coefficient (Wildman–Crippen LogP) is 0.845. The van der Waals surface area contributed by atoms with E-state index in [1.807, 2.05) is 38.1 Å². The molecule has 0 aliphatic rings. The third kappa shape index (κ3) is 5.28. The Bertz CT molecular complexity index is 420. The van der Waals surface area contributed by atoms with E-state index in [4.69, 9.17) is 5.73 Å². The average molecular weight is 286 g/mol. The molecule has 5 nitrogen and oxygen atoms in total. The Morgan fingerprint density at radius 2 is 1.84 bits per heavy atom. The maximum absolute atomic E-state index is 12.0. The summed E-state index contributed by atoms with van der Waals surface area (Å²) in [5, 5.41) is 2.47. The molecular formula is C13H20ClN3O2. The minimum Gasteiger partial charge on any atom is -0.346 e. The third-order valence-corrected chi connectivity index (χ3v) is 2.59. The van der Waals surface area contributed by atoms with Crippen LogP contribution < -0.4 is 16.0 Å². The van der Waals surface area contributed by atoms with E-state index in [0.717, 1.165) is 11.3 Å². The maximum Gasteiger partial charge on any atom is 0.246 e. The molecule has 0 bridgehead atoms. The van der Waals surface area contributed by atoms with E-state index >= 15 is 0 Å². The van der Waals surface area contributed by atoms with E-state index in [2.05, 4.69) is 5.32 Å². The molecule has 0 fully saturated rings. The Labute approximate surface area is 119 Å². The monoisotopic (exact) mass is 285 g/mol. The number of halogens is 1. The van der Waals surface area contributed by atoms with Crippen molar-refractivity contribution in [1.29, 1.82) is 0 Å². The van der Waals surface area contributed by atoms with Crippen LogP contribution in [0.15, 0.2) is 24.3 Å². The van der Waals surface area contributed by atoms with Crippen LogP contribution in [0.2, 0.25) is 0 Å². The van der Waals surface area contributed by atoms with Crippen molar-refractivity contribution < 1.29 is 9.59 Å². The van der Waals surface area contributed by atoms with Crippen LogP contribution in [0.1, 0.15) is 12.5 Å². The standard InChI is InChI=1S/C13H19N3O2.ClH/c1-3-16(11-6-4-10(2)5-7-11)13(18)9-15-12(17)8-14;/h4-7H,3,8-9,14H2,1-2H3,(H,15,17);1H. The number of carbonyl (C=O) groups excluding carboxylic acids is 2. The molecule has 1 aromatic carbocycles. The highest BCUT2D eigenvalue weighted by atomic mass is 35.5. The summed E-state index contributed by atoms with van der Waals surface area (Å²) in [6.07, 6.45) is 0. The molecule has 1 rings (SSSR count). The molecule has 0 aromatic heterocycles. The van der Waals surface area contributed by atoms with Gasteiger partial charge in [-0.25, -0.2) is 0 Å². The summed E-state index contributed by atoms with van der Waals surface area (Å²) in [6, 6.07) is 7.68. The summed E-state index contributed by atoms with van der Waals surface area (Å²) in [6.45, 7) is 4.30. The van der Waals surface area contributed by atoms with Gasteiger partial charge >= 0.3 is 0 Å². The van der Waals surface area contributed by atoms with Gasteiger partial charge in [-0.1, -0.05) is 17.7 Å². The van der Waals surface area contributed by atoms with Gasteiger partial charge in [0.25, 0.3) is 0 Å². The number of nitrogens with one attached hydrogen (secondary N) is 1. The molecule has 0 saturated carbocycles. The molecule has 2 amide bonds. The first-order valence-electron chi connectivity index (χ1n) is 5.92. The van der Waals surface area contributed by atoms with Crippen LogP contribution in [-0.2, 0) is 9.59 Å². The number of carbonyl (C=O) groups is 2. The van der Waals surface area contributed by atoms with Crippen LogP contribution in [0, 0.1) is 6.92 Å². The molecule has 0 atom stereocenters. The number of rotatable bonds is 5. The van der Waals surface area contributed by atoms with Crippen molar-refractivity contribution in [2.24, 2.45) is 5.73 Å². The first kappa shape index (κ1) is 17.4. The highest BCUT2D eigenvalue weighted by molar-refractivity contribution is 5.96. The third-order valence-electron chi connectivity index (χ3n) is 2.59. The molecule has 0 aliphatic heterocycles. The number of aryl methyl sites for hydroxylation is 1. The number of hydrogen-bond acceptors (Lipinski definition) is 3. The van der Waals surface area contributed by atoms with Crippen molar-refractivity contribution in [3.05, 3.63) is 29.8 Å². The zero-order valence-corrected chi connectivity index (χ0v) is 12.0. The molecular weight excluding hydrogens is 266 g/mol. The number of anilines is 1. The van der Waals surface area contributed by atoms with Crippen LogP contribution >= 0.6 is 12.4 Å². The first-order chi connectivity index (χ1) is 8.58. The smallest absolute Gasteiger partial charge is 0.246 e. The van der Waals surface area contributed by atoms with Gasteiger partial charge in [-0.2, -0.15) is 0 Å². The van der Waals surface area contributed by atoms with Gasteiger partial charge in [0.1, 0.15) is 0 Å². The number of amides is 2. The molecule has 6 heteroatoms. The molecule has 0 spiro atoms. The summed E-state index contributed by atoms with van der Waals surface area (Å²) < 4.78 is 0. The van der Waals surface area contributed by atoms with Crippen LogP contribution in [0.4, 0.5) is 5.69 Å². The van der Waals surface area contributed by atoms with E-state index in [-0.39, 0.29) is 37.3 Å². The number of nitrogens with zero attached hydrogens (tertiary/aromatic N) is 1. The molecule has 0 radical (unpaired) electrons. The number of hydrogen-bond donors (Lipinski definition) is 2. The second-order valence-corrected chi connectivity index (χ2v) is 3.95. The minimum absolute atomic E-state index is 0. The van der Waals surface area contributed by atoms with Crippen LogP contribution in [0.25, 0.3) is 0 Å². The van der Waals surface area contributed by atoms with Gasteiger partial charge < -0.3 is 16.0 Å². The van der Waals surface area contributed by atoms with Crippen molar-refractivity contribution in [3.8, 4) is 0 Å². The van der Waals surface area contributed by atoms with Crippen molar-refractivity contribution in [2.75, 3.05) is 24.5 Å². The van der Waals surface area contributed by atoms with Gasteiger partial charge in [0.15, 0.2) is 0 Å². The van der Waals surface area contributed by atoms with E-state index < -0.39 is 0 Å². The molecule has 1 aromatic rings. The predicted molar refractivity (Wildman–Crippen MR) is 78.5 cm³/mol. The second kappa shape index (κ2) is 8.50. The lowest BCUT2D eigenvalue weighted by atomic mass is 10.2. The largest absolute Gasteiger partial charge is 0.346 e. The van der Waals surface area contributed by atoms with Gasteiger partial charge in [0.05, 0.1) is 13.1 Å². The SMILES string of the molecule is CCN(C(=O)CNC(=O)CN)c1ccc(C)cc1.Cl. The molecule has 0 heterocycles. The van der Waals surface area contributed by atoms with E-state index in [1.165, 1.54) is 0 Å². The van der Waals surface area contributed by atoms with E-state index in [9.17, 15) is 9.59 Å².